The van der Waals surface area contributed by atoms with E-state index in [-0.39, 0.29) is 0 Å². The average molecular weight is 313 g/mol. The molecule has 4 heteroatoms. The molecule has 1 unspecified atom stereocenters. The highest BCUT2D eigenvalue weighted by Gasteiger charge is 2.24. The minimum Gasteiger partial charge on any atom is -0.491 e. The lowest BCUT2D eigenvalue weighted by Crippen LogP contribution is -2.36. The van der Waals surface area contributed by atoms with Crippen molar-refractivity contribution in [2.75, 3.05) is 18.6 Å². The van der Waals surface area contributed by atoms with Crippen molar-refractivity contribution in [2.45, 2.75) is 32.2 Å². The van der Waals surface area contributed by atoms with Crippen molar-refractivity contribution >= 4 is 5.69 Å². The zero-order valence-corrected chi connectivity index (χ0v) is 13.6. The maximum Gasteiger partial charge on any atom is 0.180 e. The molecule has 2 atom stereocenters. The number of ether oxygens (including phenoxy) is 2. The van der Waals surface area contributed by atoms with Gasteiger partial charge in [0.25, 0.3) is 0 Å². The molecule has 0 bridgehead atoms. The van der Waals surface area contributed by atoms with Crippen molar-refractivity contribution in [3.63, 3.8) is 0 Å². The van der Waals surface area contributed by atoms with E-state index in [2.05, 4.69) is 36.1 Å². The molecule has 0 amide bonds. The van der Waals surface area contributed by atoms with Gasteiger partial charge in [-0.2, -0.15) is 0 Å². The molecule has 122 valence electrons. The van der Waals surface area contributed by atoms with Gasteiger partial charge in [0, 0.05) is 30.5 Å². The minimum absolute atomic E-state index is 0.320. The van der Waals surface area contributed by atoms with Crippen LogP contribution in [0.3, 0.4) is 0 Å². The van der Waals surface area contributed by atoms with Crippen LogP contribution in [0.2, 0.25) is 0 Å². The van der Waals surface area contributed by atoms with Crippen LogP contribution in [0.15, 0.2) is 48.5 Å². The number of hydrogen-bond acceptors (Lipinski definition) is 4. The summed E-state index contributed by atoms with van der Waals surface area (Å²) in [7, 11) is 1.49. The van der Waals surface area contributed by atoms with E-state index in [1.807, 2.05) is 24.3 Å². The van der Waals surface area contributed by atoms with E-state index < -0.39 is 6.29 Å². The lowest BCUT2D eigenvalue weighted by Gasteiger charge is -2.30. The summed E-state index contributed by atoms with van der Waals surface area (Å²) in [6.45, 7) is 3.60. The van der Waals surface area contributed by atoms with Gasteiger partial charge in [0.2, 0.25) is 0 Å². The second kappa shape index (κ2) is 7.02. The summed E-state index contributed by atoms with van der Waals surface area (Å²) in [6.07, 6.45) is 0.0931. The normalized spacial score (nSPS) is 18.7. The van der Waals surface area contributed by atoms with Crippen LogP contribution in [-0.4, -0.2) is 24.9 Å². The van der Waals surface area contributed by atoms with Gasteiger partial charge in [-0.1, -0.05) is 37.3 Å². The van der Waals surface area contributed by atoms with Crippen molar-refractivity contribution in [1.29, 1.82) is 0 Å². The summed E-state index contributed by atoms with van der Waals surface area (Å²) >= 11 is 0. The Morgan fingerprint density at radius 3 is 2.74 bits per heavy atom. The second-order valence-corrected chi connectivity index (χ2v) is 5.79. The summed E-state index contributed by atoms with van der Waals surface area (Å²) in [5, 5.41) is 9.84. The number of aliphatic hydroxyl groups excluding tert-OH is 1. The molecule has 1 heterocycles. The first-order valence-corrected chi connectivity index (χ1v) is 8.01. The van der Waals surface area contributed by atoms with Crippen molar-refractivity contribution < 1.29 is 14.6 Å². The van der Waals surface area contributed by atoms with Gasteiger partial charge >= 0.3 is 0 Å². The number of hydrogen-bond donors (Lipinski definition) is 1. The lowest BCUT2D eigenvalue weighted by atomic mass is 10.1. The predicted octanol–water partition coefficient (Wildman–Crippen LogP) is 3.50. The van der Waals surface area contributed by atoms with E-state index in [9.17, 15) is 5.11 Å². The van der Waals surface area contributed by atoms with E-state index in [1.165, 1.54) is 12.8 Å². The fourth-order valence-corrected chi connectivity index (χ4v) is 2.97. The van der Waals surface area contributed by atoms with Gasteiger partial charge in [0.15, 0.2) is 6.29 Å². The van der Waals surface area contributed by atoms with Crippen molar-refractivity contribution in [2.24, 2.45) is 0 Å². The number of para-hydroxylation sites is 1. The molecule has 1 N–H and O–H groups in total. The van der Waals surface area contributed by atoms with Crippen LogP contribution >= 0.6 is 0 Å². The number of rotatable bonds is 4. The van der Waals surface area contributed by atoms with Crippen LogP contribution in [0.4, 0.5) is 5.69 Å². The zero-order chi connectivity index (χ0) is 16.2. The molecule has 0 spiro atoms. The van der Waals surface area contributed by atoms with Gasteiger partial charge in [-0.25, -0.2) is 0 Å². The third-order valence-electron chi connectivity index (χ3n) is 4.37. The Balaban J connectivity index is 1.93. The van der Waals surface area contributed by atoms with Gasteiger partial charge in [0.05, 0.1) is 6.04 Å². The standard InChI is InChI=1S/C19H23NO3/c1-3-16-13-23-18-11-14(19(21)22-2)9-10-15(18)12-20(16)17-7-5-4-6-8-17/h4-11,16,19,21H,3,12-13H2,1-2H3/t16-,19?/m0/s1. The lowest BCUT2D eigenvalue weighted by molar-refractivity contribution is -0.0770. The molecule has 0 saturated heterocycles. The number of benzene rings is 2. The molecule has 2 aromatic rings. The monoisotopic (exact) mass is 313 g/mol. The van der Waals surface area contributed by atoms with Crippen LogP contribution in [0.5, 0.6) is 5.75 Å². The first-order valence-electron chi connectivity index (χ1n) is 8.01. The minimum atomic E-state index is -0.917. The average Bonchev–Trinajstić information content (AvgIpc) is 2.80. The molecule has 3 rings (SSSR count). The maximum absolute atomic E-state index is 9.84. The first-order chi connectivity index (χ1) is 11.2. The van der Waals surface area contributed by atoms with Crippen LogP contribution in [0.1, 0.15) is 30.8 Å². The number of anilines is 1. The molecule has 4 nitrogen and oxygen atoms in total. The highest BCUT2D eigenvalue weighted by molar-refractivity contribution is 5.50. The Hall–Kier alpha value is -2.04. The third kappa shape index (κ3) is 3.33. The molecule has 23 heavy (non-hydrogen) atoms. The van der Waals surface area contributed by atoms with Crippen LogP contribution in [0, 0.1) is 0 Å². The summed E-state index contributed by atoms with van der Waals surface area (Å²) < 4.78 is 11.0. The predicted molar refractivity (Wildman–Crippen MR) is 90.6 cm³/mol. The van der Waals surface area contributed by atoms with Crippen LogP contribution in [-0.2, 0) is 11.3 Å². The molecule has 2 aromatic carbocycles. The fraction of sp³-hybridized carbons (Fsp3) is 0.368. The van der Waals surface area contributed by atoms with E-state index in [0.29, 0.717) is 18.2 Å². The Morgan fingerprint density at radius 2 is 2.04 bits per heavy atom. The Morgan fingerprint density at radius 1 is 1.26 bits per heavy atom. The van der Waals surface area contributed by atoms with Crippen LogP contribution in [0.25, 0.3) is 0 Å². The van der Waals surface area contributed by atoms with Crippen LogP contribution < -0.4 is 9.64 Å². The number of nitrogens with zero attached hydrogens (tertiary/aromatic N) is 1. The highest BCUT2D eigenvalue weighted by atomic mass is 16.6. The number of aliphatic hydroxyl groups is 1. The van der Waals surface area contributed by atoms with E-state index in [0.717, 1.165) is 24.3 Å². The van der Waals surface area contributed by atoms with Gasteiger partial charge < -0.3 is 19.5 Å². The molecular weight excluding hydrogens is 290 g/mol. The molecule has 0 saturated carbocycles. The molecule has 1 aliphatic heterocycles. The Kier molecular flexibility index (Phi) is 4.84. The van der Waals surface area contributed by atoms with Crippen molar-refractivity contribution in [1.82, 2.24) is 0 Å². The molecule has 0 aromatic heterocycles. The quantitative estimate of drug-likeness (QED) is 0.877. The summed E-state index contributed by atoms with van der Waals surface area (Å²) in [4.78, 5) is 2.39. The summed E-state index contributed by atoms with van der Waals surface area (Å²) in [5.41, 5.74) is 3.04. The maximum atomic E-state index is 9.84. The molecular formula is C19H23NO3. The van der Waals surface area contributed by atoms with Gasteiger partial charge in [0.1, 0.15) is 12.4 Å². The van der Waals surface area contributed by atoms with E-state index in [1.54, 1.807) is 0 Å². The van der Waals surface area contributed by atoms with Crippen molar-refractivity contribution in [3.05, 3.63) is 59.7 Å². The smallest absolute Gasteiger partial charge is 0.180 e. The second-order valence-electron chi connectivity index (χ2n) is 5.79. The number of methoxy groups -OCH3 is 1. The van der Waals surface area contributed by atoms with E-state index >= 15 is 0 Å². The summed E-state index contributed by atoms with van der Waals surface area (Å²) in [5.74, 6) is 0.829. The van der Waals surface area contributed by atoms with E-state index in [4.69, 9.17) is 9.47 Å². The molecule has 0 fully saturated rings. The first kappa shape index (κ1) is 15.8. The van der Waals surface area contributed by atoms with Gasteiger partial charge in [-0.3, -0.25) is 0 Å². The number of fused-ring (bicyclic) bond motifs is 1. The van der Waals surface area contributed by atoms with Crippen molar-refractivity contribution in [3.8, 4) is 5.75 Å². The van der Waals surface area contributed by atoms with Gasteiger partial charge in [-0.15, -0.1) is 0 Å². The highest BCUT2D eigenvalue weighted by Crippen LogP contribution is 2.31. The SMILES string of the molecule is CC[C@H]1COc2cc(C(O)OC)ccc2CN1c1ccccc1. The van der Waals surface area contributed by atoms with Gasteiger partial charge in [-0.05, 0) is 24.6 Å². The fourth-order valence-electron chi connectivity index (χ4n) is 2.97. The summed E-state index contributed by atoms with van der Waals surface area (Å²) in [6, 6.07) is 16.5. The zero-order valence-electron chi connectivity index (χ0n) is 13.6. The molecule has 1 aliphatic rings. The third-order valence-corrected chi connectivity index (χ3v) is 4.37. The topological polar surface area (TPSA) is 41.9 Å². The largest absolute Gasteiger partial charge is 0.491 e. The molecule has 0 radical (unpaired) electrons. The Labute approximate surface area is 137 Å². The molecule has 0 aliphatic carbocycles. The Bertz CT molecular complexity index is 644.